The number of furan rings is 1. The van der Waals surface area contributed by atoms with Crippen LogP contribution in [0.5, 0.6) is 0 Å². The summed E-state index contributed by atoms with van der Waals surface area (Å²) >= 11 is 4.57. The number of carboxylic acid groups (broad SMARTS) is 1. The zero-order valence-electron chi connectivity index (χ0n) is 9.07. The van der Waals surface area contributed by atoms with Gasteiger partial charge in [0, 0.05) is 0 Å². The summed E-state index contributed by atoms with van der Waals surface area (Å²) in [6, 6.07) is 3.47. The number of carboxylic acids is 1. The highest BCUT2D eigenvalue weighted by Gasteiger charge is 2.20. The molecule has 0 radical (unpaired) electrons. The van der Waals surface area contributed by atoms with Crippen molar-refractivity contribution in [1.82, 2.24) is 4.98 Å². The van der Waals surface area contributed by atoms with Crippen molar-refractivity contribution in [2.45, 2.75) is 19.8 Å². The van der Waals surface area contributed by atoms with Gasteiger partial charge in [0.25, 0.3) is 0 Å². The predicted molar refractivity (Wildman–Crippen MR) is 68.5 cm³/mol. The third-order valence-corrected chi connectivity index (χ3v) is 3.69. The molecule has 2 heterocycles. The molecule has 0 aliphatic rings. The number of thiazole rings is 1. The van der Waals surface area contributed by atoms with Gasteiger partial charge in [-0.25, -0.2) is 9.78 Å². The van der Waals surface area contributed by atoms with Crippen LogP contribution in [0, 0.1) is 0 Å². The first-order valence-corrected chi connectivity index (χ1v) is 6.71. The quantitative estimate of drug-likeness (QED) is 0.931. The van der Waals surface area contributed by atoms with Crippen molar-refractivity contribution >= 4 is 33.2 Å². The smallest absolute Gasteiger partial charge is 0.356 e. The van der Waals surface area contributed by atoms with E-state index in [9.17, 15) is 4.79 Å². The zero-order chi connectivity index (χ0) is 12.4. The lowest BCUT2D eigenvalue weighted by molar-refractivity contribution is 0.0691. The van der Waals surface area contributed by atoms with Gasteiger partial charge in [-0.05, 0) is 40.9 Å². The van der Waals surface area contributed by atoms with E-state index < -0.39 is 5.97 Å². The van der Waals surface area contributed by atoms with Crippen molar-refractivity contribution < 1.29 is 14.3 Å². The van der Waals surface area contributed by atoms with Crippen molar-refractivity contribution in [2.24, 2.45) is 0 Å². The molecular weight excluding hydrogens is 306 g/mol. The molecule has 0 bridgehead atoms. The molecule has 0 unspecified atom stereocenters. The van der Waals surface area contributed by atoms with Crippen molar-refractivity contribution in [3.63, 3.8) is 0 Å². The summed E-state index contributed by atoms with van der Waals surface area (Å²) in [4.78, 5) is 15.8. The Morgan fingerprint density at radius 3 is 2.88 bits per heavy atom. The van der Waals surface area contributed by atoms with Crippen LogP contribution >= 0.6 is 27.3 Å². The van der Waals surface area contributed by atoms with Crippen LogP contribution in [-0.2, 0) is 6.42 Å². The Kier molecular flexibility index (Phi) is 3.63. The molecule has 0 atom stereocenters. The van der Waals surface area contributed by atoms with Crippen LogP contribution < -0.4 is 0 Å². The van der Waals surface area contributed by atoms with Crippen molar-refractivity contribution in [2.75, 3.05) is 0 Å². The molecule has 0 amide bonds. The molecule has 1 N–H and O–H groups in total. The summed E-state index contributed by atoms with van der Waals surface area (Å²) in [5, 5.41) is 9.93. The molecule has 90 valence electrons. The van der Waals surface area contributed by atoms with Crippen LogP contribution in [0.2, 0.25) is 0 Å². The van der Waals surface area contributed by atoms with Crippen molar-refractivity contribution in [3.8, 4) is 10.6 Å². The van der Waals surface area contributed by atoms with E-state index in [1.807, 2.05) is 6.92 Å². The second kappa shape index (κ2) is 5.01. The Labute approximate surface area is 110 Å². The first kappa shape index (κ1) is 12.3. The first-order chi connectivity index (χ1) is 8.11. The minimum atomic E-state index is -1.02. The Morgan fingerprint density at radius 1 is 1.59 bits per heavy atom. The molecule has 0 aromatic carbocycles. The molecule has 0 saturated heterocycles. The van der Waals surface area contributed by atoms with Gasteiger partial charge in [-0.2, -0.15) is 0 Å². The number of aromatic carboxylic acids is 1. The first-order valence-electron chi connectivity index (χ1n) is 5.10. The van der Waals surface area contributed by atoms with E-state index in [4.69, 9.17) is 9.52 Å². The lowest BCUT2D eigenvalue weighted by Gasteiger charge is -1.92. The predicted octanol–water partition coefficient (Wildman–Crippen LogP) is 3.82. The van der Waals surface area contributed by atoms with E-state index in [1.165, 1.54) is 11.3 Å². The Balaban J connectivity index is 2.47. The highest BCUT2D eigenvalue weighted by molar-refractivity contribution is 9.10. The van der Waals surface area contributed by atoms with Gasteiger partial charge in [0.05, 0.1) is 5.01 Å². The molecule has 0 fully saturated rings. The second-order valence-electron chi connectivity index (χ2n) is 3.44. The van der Waals surface area contributed by atoms with Crippen LogP contribution in [0.1, 0.15) is 28.8 Å². The SMILES string of the molecule is CCCc1nc(C(=O)O)c(-c2ccc(Br)o2)s1. The van der Waals surface area contributed by atoms with Gasteiger partial charge in [-0.1, -0.05) is 6.92 Å². The van der Waals surface area contributed by atoms with Crippen LogP contribution in [0.3, 0.4) is 0 Å². The van der Waals surface area contributed by atoms with E-state index in [2.05, 4.69) is 20.9 Å². The van der Waals surface area contributed by atoms with Gasteiger partial charge in [0.2, 0.25) is 0 Å². The van der Waals surface area contributed by atoms with Crippen LogP contribution in [0.4, 0.5) is 0 Å². The highest BCUT2D eigenvalue weighted by atomic mass is 79.9. The fourth-order valence-electron chi connectivity index (χ4n) is 1.43. The number of aromatic nitrogens is 1. The molecule has 0 spiro atoms. The number of hydrogen-bond acceptors (Lipinski definition) is 4. The average molecular weight is 316 g/mol. The van der Waals surface area contributed by atoms with Gasteiger partial charge in [0.15, 0.2) is 10.4 Å². The Hall–Kier alpha value is -1.14. The minimum Gasteiger partial charge on any atom is -0.476 e. The van der Waals surface area contributed by atoms with Crippen LogP contribution in [0.25, 0.3) is 10.6 Å². The van der Waals surface area contributed by atoms with E-state index in [-0.39, 0.29) is 5.69 Å². The summed E-state index contributed by atoms with van der Waals surface area (Å²) < 4.78 is 5.95. The second-order valence-corrected chi connectivity index (χ2v) is 5.31. The summed E-state index contributed by atoms with van der Waals surface area (Å²) in [5.74, 6) is -0.486. The molecule has 2 rings (SSSR count). The number of aryl methyl sites for hydroxylation is 1. The summed E-state index contributed by atoms with van der Waals surface area (Å²) in [6.07, 6.45) is 1.72. The van der Waals surface area contributed by atoms with Crippen LogP contribution in [-0.4, -0.2) is 16.1 Å². The maximum absolute atomic E-state index is 11.1. The molecule has 4 nitrogen and oxygen atoms in total. The van der Waals surface area contributed by atoms with Crippen molar-refractivity contribution in [3.05, 3.63) is 27.5 Å². The van der Waals surface area contributed by atoms with Gasteiger partial charge in [0.1, 0.15) is 10.6 Å². The molecule has 0 aliphatic carbocycles. The molecule has 0 saturated carbocycles. The summed E-state index contributed by atoms with van der Waals surface area (Å²) in [7, 11) is 0. The molecule has 17 heavy (non-hydrogen) atoms. The fraction of sp³-hybridized carbons (Fsp3) is 0.273. The average Bonchev–Trinajstić information content (AvgIpc) is 2.84. The Bertz CT molecular complexity index is 547. The van der Waals surface area contributed by atoms with E-state index in [0.29, 0.717) is 15.3 Å². The van der Waals surface area contributed by atoms with Crippen LogP contribution in [0.15, 0.2) is 21.2 Å². The van der Waals surface area contributed by atoms with E-state index >= 15 is 0 Å². The van der Waals surface area contributed by atoms with Crippen molar-refractivity contribution in [1.29, 1.82) is 0 Å². The zero-order valence-corrected chi connectivity index (χ0v) is 11.5. The summed E-state index contributed by atoms with van der Waals surface area (Å²) in [6.45, 7) is 2.03. The molecule has 0 aliphatic heterocycles. The lowest BCUT2D eigenvalue weighted by atomic mass is 10.3. The van der Waals surface area contributed by atoms with Gasteiger partial charge >= 0.3 is 5.97 Å². The number of nitrogens with zero attached hydrogens (tertiary/aromatic N) is 1. The molecule has 2 aromatic heterocycles. The monoisotopic (exact) mass is 315 g/mol. The number of carbonyl (C=O) groups is 1. The number of halogens is 1. The minimum absolute atomic E-state index is 0.0697. The highest BCUT2D eigenvalue weighted by Crippen LogP contribution is 2.33. The topological polar surface area (TPSA) is 63.3 Å². The number of hydrogen-bond donors (Lipinski definition) is 1. The van der Waals surface area contributed by atoms with Gasteiger partial charge in [-0.15, -0.1) is 11.3 Å². The Morgan fingerprint density at radius 2 is 2.35 bits per heavy atom. The lowest BCUT2D eigenvalue weighted by Crippen LogP contribution is -1.98. The maximum atomic E-state index is 11.1. The normalized spacial score (nSPS) is 10.7. The summed E-state index contributed by atoms with van der Waals surface area (Å²) in [5.41, 5.74) is 0.0697. The standard InChI is InChI=1S/C11H10BrNO3S/c1-2-3-8-13-9(11(14)15)10(17-8)6-4-5-7(12)16-6/h4-5H,2-3H2,1H3,(H,14,15). The fourth-order valence-corrected chi connectivity index (χ4v) is 2.86. The molecule has 6 heteroatoms. The molecular formula is C11H10BrNO3S. The van der Waals surface area contributed by atoms with E-state index in [0.717, 1.165) is 17.8 Å². The molecule has 2 aromatic rings. The third kappa shape index (κ3) is 2.58. The number of rotatable bonds is 4. The largest absolute Gasteiger partial charge is 0.476 e. The van der Waals surface area contributed by atoms with Gasteiger partial charge < -0.3 is 9.52 Å². The third-order valence-electron chi connectivity index (χ3n) is 2.13. The van der Waals surface area contributed by atoms with Gasteiger partial charge in [-0.3, -0.25) is 0 Å². The maximum Gasteiger partial charge on any atom is 0.356 e. The van der Waals surface area contributed by atoms with E-state index in [1.54, 1.807) is 12.1 Å².